The molecule has 1 aromatic heterocycles. The lowest BCUT2D eigenvalue weighted by Crippen LogP contribution is -2.03. The summed E-state index contributed by atoms with van der Waals surface area (Å²) in [6.45, 7) is 3.70. The van der Waals surface area contributed by atoms with Crippen LogP contribution in [-0.4, -0.2) is 17.6 Å². The molecule has 1 heterocycles. The summed E-state index contributed by atoms with van der Waals surface area (Å²) in [5, 5.41) is 0. The van der Waals surface area contributed by atoms with Crippen LogP contribution in [0.3, 0.4) is 0 Å². The molecule has 0 amide bonds. The third-order valence-electron chi connectivity index (χ3n) is 1.46. The van der Waals surface area contributed by atoms with Gasteiger partial charge < -0.3 is 9.72 Å². The normalized spacial score (nSPS) is 9.33. The third-order valence-corrected chi connectivity index (χ3v) is 1.46. The Morgan fingerprint density at radius 3 is 3.17 bits per heavy atom. The van der Waals surface area contributed by atoms with Gasteiger partial charge in [0.25, 0.3) is 0 Å². The van der Waals surface area contributed by atoms with Gasteiger partial charge in [-0.3, -0.25) is 0 Å². The van der Waals surface area contributed by atoms with Gasteiger partial charge in [-0.25, -0.2) is 4.79 Å². The van der Waals surface area contributed by atoms with Crippen LogP contribution in [0.5, 0.6) is 0 Å². The molecule has 0 unspecified atom stereocenters. The number of esters is 1. The number of carbonyl (C=O) groups excluding carboxylic acids is 1. The average molecular weight is 165 g/mol. The number of nitrogens with one attached hydrogen (secondary N) is 1. The summed E-state index contributed by atoms with van der Waals surface area (Å²) in [5.74, 6) is -0.370. The molecule has 64 valence electrons. The highest BCUT2D eigenvalue weighted by Crippen LogP contribution is 1.97. The Kier molecular flexibility index (Phi) is 3.14. The Bertz CT molecular complexity index is 252. The first kappa shape index (κ1) is 8.59. The molecular formula is C9H11NO2. The molecule has 0 aliphatic heterocycles. The number of H-pyrrole nitrogens is 1. The van der Waals surface area contributed by atoms with Crippen LogP contribution < -0.4 is 0 Å². The highest BCUT2D eigenvalue weighted by Gasteiger charge is 1.96. The zero-order chi connectivity index (χ0) is 8.81. The Hall–Kier alpha value is -1.51. The molecule has 1 aromatic rings. The fraction of sp³-hybridized carbons (Fsp3) is 0.222. The zero-order valence-electron chi connectivity index (χ0n) is 6.75. The number of aromatic amines is 1. The van der Waals surface area contributed by atoms with Crippen molar-refractivity contribution in [3.8, 4) is 0 Å². The van der Waals surface area contributed by atoms with E-state index in [1.54, 1.807) is 0 Å². The predicted molar refractivity (Wildman–Crippen MR) is 45.7 cm³/mol. The van der Waals surface area contributed by atoms with Crippen LogP contribution in [0.2, 0.25) is 0 Å². The van der Waals surface area contributed by atoms with Gasteiger partial charge in [0.1, 0.15) is 0 Å². The molecule has 0 aliphatic carbocycles. The number of carbonyl (C=O) groups is 1. The van der Waals surface area contributed by atoms with Crippen LogP contribution in [0.25, 0.3) is 0 Å². The van der Waals surface area contributed by atoms with E-state index in [4.69, 9.17) is 4.74 Å². The Morgan fingerprint density at radius 2 is 2.58 bits per heavy atom. The molecular weight excluding hydrogens is 154 g/mol. The third kappa shape index (κ3) is 2.62. The predicted octanol–water partition coefficient (Wildman–Crippen LogP) is 1.29. The molecule has 0 radical (unpaired) electrons. The maximum absolute atomic E-state index is 10.6. The van der Waals surface area contributed by atoms with E-state index < -0.39 is 0 Å². The molecule has 0 atom stereocenters. The maximum Gasteiger partial charge on any atom is 0.330 e. The van der Waals surface area contributed by atoms with Crippen LogP contribution in [0, 0.1) is 0 Å². The molecule has 0 spiro atoms. The maximum atomic E-state index is 10.6. The first-order valence-electron chi connectivity index (χ1n) is 3.74. The Labute approximate surface area is 71.1 Å². The van der Waals surface area contributed by atoms with E-state index in [2.05, 4.69) is 11.6 Å². The topological polar surface area (TPSA) is 42.1 Å². The lowest BCUT2D eigenvalue weighted by atomic mass is 10.2. The standard InChI is InChI=1S/C9H11NO2/c1-2-9(11)12-6-4-8-3-5-10-7-8/h2-3,5,7,10H,1,4,6H2. The fourth-order valence-electron chi connectivity index (χ4n) is 0.842. The molecule has 0 aliphatic rings. The molecule has 3 nitrogen and oxygen atoms in total. The number of ether oxygens (including phenoxy) is 1. The minimum Gasteiger partial charge on any atom is -0.462 e. The van der Waals surface area contributed by atoms with Crippen molar-refractivity contribution in [2.45, 2.75) is 6.42 Å². The van der Waals surface area contributed by atoms with Crippen LogP contribution in [0.4, 0.5) is 0 Å². The van der Waals surface area contributed by atoms with Crippen molar-refractivity contribution in [2.75, 3.05) is 6.61 Å². The molecule has 1 rings (SSSR count). The lowest BCUT2D eigenvalue weighted by Gasteiger charge is -1.98. The van der Waals surface area contributed by atoms with E-state index in [9.17, 15) is 4.79 Å². The molecule has 0 aromatic carbocycles. The summed E-state index contributed by atoms with van der Waals surface area (Å²) in [6, 6.07) is 1.95. The van der Waals surface area contributed by atoms with E-state index in [1.165, 1.54) is 0 Å². The van der Waals surface area contributed by atoms with Crippen molar-refractivity contribution < 1.29 is 9.53 Å². The number of hydrogen-bond acceptors (Lipinski definition) is 2. The minimum absolute atomic E-state index is 0.370. The van der Waals surface area contributed by atoms with Gasteiger partial charge in [0.2, 0.25) is 0 Å². The summed E-state index contributed by atoms with van der Waals surface area (Å²) in [6.07, 6.45) is 5.62. The summed E-state index contributed by atoms with van der Waals surface area (Å²) < 4.78 is 4.79. The monoisotopic (exact) mass is 165 g/mol. The Morgan fingerprint density at radius 1 is 1.75 bits per heavy atom. The average Bonchev–Trinajstić information content (AvgIpc) is 2.57. The van der Waals surface area contributed by atoms with Crippen LogP contribution in [-0.2, 0) is 16.0 Å². The first-order chi connectivity index (χ1) is 5.83. The molecule has 0 saturated heterocycles. The quantitative estimate of drug-likeness (QED) is 0.539. The smallest absolute Gasteiger partial charge is 0.330 e. The highest BCUT2D eigenvalue weighted by atomic mass is 16.5. The highest BCUT2D eigenvalue weighted by molar-refractivity contribution is 5.81. The summed E-state index contributed by atoms with van der Waals surface area (Å²) in [5.41, 5.74) is 1.13. The van der Waals surface area contributed by atoms with Gasteiger partial charge in [0.05, 0.1) is 6.61 Å². The van der Waals surface area contributed by atoms with E-state index in [0.717, 1.165) is 18.1 Å². The van der Waals surface area contributed by atoms with Crippen molar-refractivity contribution in [3.63, 3.8) is 0 Å². The van der Waals surface area contributed by atoms with Gasteiger partial charge in [-0.1, -0.05) is 6.58 Å². The van der Waals surface area contributed by atoms with E-state index in [-0.39, 0.29) is 5.97 Å². The van der Waals surface area contributed by atoms with E-state index in [1.807, 2.05) is 18.5 Å². The van der Waals surface area contributed by atoms with Gasteiger partial charge in [-0.2, -0.15) is 0 Å². The van der Waals surface area contributed by atoms with E-state index >= 15 is 0 Å². The van der Waals surface area contributed by atoms with Gasteiger partial charge in [-0.05, 0) is 11.6 Å². The lowest BCUT2D eigenvalue weighted by molar-refractivity contribution is -0.137. The van der Waals surface area contributed by atoms with Gasteiger partial charge in [-0.15, -0.1) is 0 Å². The SMILES string of the molecule is C=CC(=O)OCCc1cc[nH]c1. The molecule has 3 heteroatoms. The van der Waals surface area contributed by atoms with Crippen LogP contribution in [0.15, 0.2) is 31.1 Å². The second kappa shape index (κ2) is 4.38. The molecule has 0 bridgehead atoms. The van der Waals surface area contributed by atoms with E-state index in [0.29, 0.717) is 6.61 Å². The van der Waals surface area contributed by atoms with Gasteiger partial charge >= 0.3 is 5.97 Å². The van der Waals surface area contributed by atoms with Crippen molar-refractivity contribution in [1.82, 2.24) is 4.98 Å². The molecule has 1 N–H and O–H groups in total. The largest absolute Gasteiger partial charge is 0.462 e. The fourth-order valence-corrected chi connectivity index (χ4v) is 0.842. The minimum atomic E-state index is -0.370. The number of rotatable bonds is 4. The summed E-state index contributed by atoms with van der Waals surface area (Å²) >= 11 is 0. The van der Waals surface area contributed by atoms with Crippen LogP contribution in [0.1, 0.15) is 5.56 Å². The van der Waals surface area contributed by atoms with Crippen LogP contribution >= 0.6 is 0 Å². The van der Waals surface area contributed by atoms with Crippen molar-refractivity contribution in [2.24, 2.45) is 0 Å². The van der Waals surface area contributed by atoms with Crippen molar-refractivity contribution >= 4 is 5.97 Å². The van der Waals surface area contributed by atoms with Gasteiger partial charge in [0.15, 0.2) is 0 Å². The summed E-state index contributed by atoms with van der Waals surface area (Å²) in [7, 11) is 0. The number of hydrogen-bond donors (Lipinski definition) is 1. The second-order valence-electron chi connectivity index (χ2n) is 2.34. The Balaban J connectivity index is 2.19. The first-order valence-corrected chi connectivity index (χ1v) is 3.74. The van der Waals surface area contributed by atoms with Crippen molar-refractivity contribution in [1.29, 1.82) is 0 Å². The van der Waals surface area contributed by atoms with Crippen molar-refractivity contribution in [3.05, 3.63) is 36.7 Å². The second-order valence-corrected chi connectivity index (χ2v) is 2.34. The molecule has 12 heavy (non-hydrogen) atoms. The zero-order valence-corrected chi connectivity index (χ0v) is 6.75. The number of aromatic nitrogens is 1. The molecule has 0 saturated carbocycles. The summed E-state index contributed by atoms with van der Waals surface area (Å²) in [4.78, 5) is 13.5. The van der Waals surface area contributed by atoms with Gasteiger partial charge in [0, 0.05) is 24.9 Å². The molecule has 0 fully saturated rings.